The van der Waals surface area contributed by atoms with E-state index < -0.39 is 0 Å². The SMILES string of the molecule is CC(C)CCN(Cc1cccnc1Cl)C1CCCC1. The first-order valence-electron chi connectivity index (χ1n) is 7.50. The average Bonchev–Trinajstić information content (AvgIpc) is 2.90. The van der Waals surface area contributed by atoms with Gasteiger partial charge in [0.2, 0.25) is 0 Å². The quantitative estimate of drug-likeness (QED) is 0.712. The highest BCUT2D eigenvalue weighted by atomic mass is 35.5. The Morgan fingerprint density at radius 2 is 2.11 bits per heavy atom. The number of nitrogens with zero attached hydrogens (tertiary/aromatic N) is 2. The zero-order valence-electron chi connectivity index (χ0n) is 12.1. The second-order valence-corrected chi connectivity index (χ2v) is 6.40. The minimum atomic E-state index is 0.662. The fourth-order valence-electron chi connectivity index (χ4n) is 2.84. The molecule has 1 saturated carbocycles. The fraction of sp³-hybridized carbons (Fsp3) is 0.688. The van der Waals surface area contributed by atoms with E-state index in [1.807, 2.05) is 6.07 Å². The van der Waals surface area contributed by atoms with Gasteiger partial charge < -0.3 is 0 Å². The van der Waals surface area contributed by atoms with Crippen LogP contribution in [0.5, 0.6) is 0 Å². The van der Waals surface area contributed by atoms with Gasteiger partial charge in [0.15, 0.2) is 0 Å². The molecular weight excluding hydrogens is 256 g/mol. The summed E-state index contributed by atoms with van der Waals surface area (Å²) in [5, 5.41) is 0.662. The Morgan fingerprint density at radius 1 is 1.37 bits per heavy atom. The molecule has 0 aromatic carbocycles. The molecule has 2 rings (SSSR count). The Kier molecular flexibility index (Phi) is 5.65. The van der Waals surface area contributed by atoms with E-state index in [9.17, 15) is 0 Å². The number of hydrogen-bond donors (Lipinski definition) is 0. The number of hydrogen-bond acceptors (Lipinski definition) is 2. The standard InChI is InChI=1S/C16H25ClN2/c1-13(2)9-11-19(15-7-3-4-8-15)12-14-6-5-10-18-16(14)17/h5-6,10,13,15H,3-4,7-9,11-12H2,1-2H3. The number of rotatable bonds is 6. The van der Waals surface area contributed by atoms with Crippen LogP contribution < -0.4 is 0 Å². The molecule has 0 spiro atoms. The molecular formula is C16H25ClN2. The number of halogens is 1. The van der Waals surface area contributed by atoms with E-state index in [0.717, 1.165) is 18.5 Å². The molecule has 0 saturated heterocycles. The molecule has 0 N–H and O–H groups in total. The summed E-state index contributed by atoms with van der Waals surface area (Å²) in [4.78, 5) is 6.81. The molecule has 3 heteroatoms. The van der Waals surface area contributed by atoms with Crippen molar-refractivity contribution in [3.05, 3.63) is 29.0 Å². The molecule has 1 aromatic heterocycles. The van der Waals surface area contributed by atoms with Crippen molar-refractivity contribution in [2.45, 2.75) is 58.5 Å². The maximum Gasteiger partial charge on any atom is 0.133 e. The summed E-state index contributed by atoms with van der Waals surface area (Å²) in [5.74, 6) is 0.758. The van der Waals surface area contributed by atoms with E-state index in [4.69, 9.17) is 11.6 Å². The molecule has 19 heavy (non-hydrogen) atoms. The van der Waals surface area contributed by atoms with Crippen molar-refractivity contribution in [1.82, 2.24) is 9.88 Å². The molecule has 2 nitrogen and oxygen atoms in total. The predicted octanol–water partition coefficient (Wildman–Crippen LogP) is 4.53. The molecule has 1 aromatic rings. The monoisotopic (exact) mass is 280 g/mol. The first kappa shape index (κ1) is 14.8. The van der Waals surface area contributed by atoms with Crippen molar-refractivity contribution in [3.63, 3.8) is 0 Å². The van der Waals surface area contributed by atoms with Gasteiger partial charge in [0.05, 0.1) is 0 Å². The summed E-state index contributed by atoms with van der Waals surface area (Å²) < 4.78 is 0. The molecule has 1 heterocycles. The summed E-state index contributed by atoms with van der Waals surface area (Å²) in [6.45, 7) is 6.71. The van der Waals surface area contributed by atoms with Crippen molar-refractivity contribution in [3.8, 4) is 0 Å². The van der Waals surface area contributed by atoms with Gasteiger partial charge >= 0.3 is 0 Å². The van der Waals surface area contributed by atoms with E-state index in [-0.39, 0.29) is 0 Å². The zero-order valence-corrected chi connectivity index (χ0v) is 12.9. The van der Waals surface area contributed by atoms with Crippen LogP contribution in [0.2, 0.25) is 5.15 Å². The Morgan fingerprint density at radius 3 is 2.74 bits per heavy atom. The van der Waals surface area contributed by atoms with E-state index in [0.29, 0.717) is 5.15 Å². The second kappa shape index (κ2) is 7.25. The lowest BCUT2D eigenvalue weighted by atomic mass is 10.1. The van der Waals surface area contributed by atoms with Gasteiger partial charge in [-0.1, -0.05) is 44.4 Å². The van der Waals surface area contributed by atoms with Gasteiger partial charge in [-0.05, 0) is 37.8 Å². The first-order valence-corrected chi connectivity index (χ1v) is 7.88. The van der Waals surface area contributed by atoms with Gasteiger partial charge in [-0.25, -0.2) is 4.98 Å². The van der Waals surface area contributed by atoms with E-state index in [1.165, 1.54) is 44.2 Å². The molecule has 0 unspecified atom stereocenters. The van der Waals surface area contributed by atoms with Crippen LogP contribution in [0.1, 0.15) is 51.5 Å². The minimum absolute atomic E-state index is 0.662. The Bertz CT molecular complexity index is 386. The maximum absolute atomic E-state index is 6.20. The molecule has 0 radical (unpaired) electrons. The Balaban J connectivity index is 2.02. The molecule has 0 amide bonds. The fourth-order valence-corrected chi connectivity index (χ4v) is 3.02. The molecule has 0 atom stereocenters. The van der Waals surface area contributed by atoms with Gasteiger partial charge in [-0.3, -0.25) is 4.90 Å². The van der Waals surface area contributed by atoms with Gasteiger partial charge in [0.1, 0.15) is 5.15 Å². The van der Waals surface area contributed by atoms with Crippen molar-refractivity contribution in [1.29, 1.82) is 0 Å². The normalized spacial score (nSPS) is 16.7. The van der Waals surface area contributed by atoms with Gasteiger partial charge in [0.25, 0.3) is 0 Å². The van der Waals surface area contributed by atoms with Crippen LogP contribution in [0.3, 0.4) is 0 Å². The van der Waals surface area contributed by atoms with Gasteiger partial charge in [-0.2, -0.15) is 0 Å². The topological polar surface area (TPSA) is 16.1 Å². The van der Waals surface area contributed by atoms with Gasteiger partial charge in [0, 0.05) is 24.3 Å². The van der Waals surface area contributed by atoms with Crippen LogP contribution in [0.15, 0.2) is 18.3 Å². The van der Waals surface area contributed by atoms with Crippen molar-refractivity contribution in [2.24, 2.45) is 5.92 Å². The highest BCUT2D eigenvalue weighted by Gasteiger charge is 2.23. The average molecular weight is 281 g/mol. The third-order valence-electron chi connectivity index (χ3n) is 4.04. The van der Waals surface area contributed by atoms with Crippen LogP contribution in [-0.4, -0.2) is 22.5 Å². The molecule has 0 aliphatic heterocycles. The first-order chi connectivity index (χ1) is 9.16. The highest BCUT2D eigenvalue weighted by Crippen LogP contribution is 2.26. The highest BCUT2D eigenvalue weighted by molar-refractivity contribution is 6.30. The minimum Gasteiger partial charge on any atom is -0.296 e. The van der Waals surface area contributed by atoms with Crippen molar-refractivity contribution in [2.75, 3.05) is 6.54 Å². The summed E-state index contributed by atoms with van der Waals surface area (Å²) in [6, 6.07) is 4.83. The van der Waals surface area contributed by atoms with Gasteiger partial charge in [-0.15, -0.1) is 0 Å². The largest absolute Gasteiger partial charge is 0.296 e. The number of pyridine rings is 1. The summed E-state index contributed by atoms with van der Waals surface area (Å²) >= 11 is 6.20. The lowest BCUT2D eigenvalue weighted by molar-refractivity contribution is 0.179. The summed E-state index contributed by atoms with van der Waals surface area (Å²) in [5.41, 5.74) is 1.17. The van der Waals surface area contributed by atoms with Crippen LogP contribution >= 0.6 is 11.6 Å². The van der Waals surface area contributed by atoms with Crippen LogP contribution in [-0.2, 0) is 6.54 Å². The maximum atomic E-state index is 6.20. The second-order valence-electron chi connectivity index (χ2n) is 6.04. The molecule has 0 bridgehead atoms. The van der Waals surface area contributed by atoms with E-state index in [2.05, 4.69) is 29.8 Å². The zero-order chi connectivity index (χ0) is 13.7. The summed E-state index contributed by atoms with van der Waals surface area (Å²) in [7, 11) is 0. The third kappa shape index (κ3) is 4.47. The Hall–Kier alpha value is -0.600. The van der Waals surface area contributed by atoms with Crippen LogP contribution in [0.4, 0.5) is 0 Å². The smallest absolute Gasteiger partial charge is 0.133 e. The predicted molar refractivity (Wildman–Crippen MR) is 81.4 cm³/mol. The van der Waals surface area contributed by atoms with Crippen molar-refractivity contribution >= 4 is 11.6 Å². The third-order valence-corrected chi connectivity index (χ3v) is 4.38. The summed E-state index contributed by atoms with van der Waals surface area (Å²) in [6.07, 6.45) is 8.47. The van der Waals surface area contributed by atoms with Crippen LogP contribution in [0.25, 0.3) is 0 Å². The van der Waals surface area contributed by atoms with E-state index in [1.54, 1.807) is 6.20 Å². The lowest BCUT2D eigenvalue weighted by Gasteiger charge is -2.29. The van der Waals surface area contributed by atoms with Crippen molar-refractivity contribution < 1.29 is 0 Å². The molecule has 1 aliphatic rings. The van der Waals surface area contributed by atoms with E-state index >= 15 is 0 Å². The molecule has 1 aliphatic carbocycles. The van der Waals surface area contributed by atoms with Crippen LogP contribution in [0, 0.1) is 5.92 Å². The number of aromatic nitrogens is 1. The molecule has 1 fully saturated rings. The Labute approximate surface area is 122 Å². The molecule has 106 valence electrons. The lowest BCUT2D eigenvalue weighted by Crippen LogP contribution is -2.34.